The second kappa shape index (κ2) is 7.78. The van der Waals surface area contributed by atoms with Gasteiger partial charge in [-0.05, 0) is 25.0 Å². The molecule has 0 aliphatic rings. The Labute approximate surface area is 139 Å². The highest BCUT2D eigenvalue weighted by molar-refractivity contribution is 7.99. The number of nitrogens with one attached hydrogen (secondary N) is 1. The molecule has 0 aromatic heterocycles. The van der Waals surface area contributed by atoms with Crippen LogP contribution in [0.2, 0.25) is 0 Å². The molecule has 0 aliphatic carbocycles. The van der Waals surface area contributed by atoms with E-state index in [1.54, 1.807) is 13.0 Å². The number of carbonyl (C=O) groups is 1. The smallest absolute Gasteiger partial charge is 0.271 e. The molecule has 0 heterocycles. The van der Waals surface area contributed by atoms with E-state index in [1.807, 2.05) is 31.2 Å². The summed E-state index contributed by atoms with van der Waals surface area (Å²) in [7, 11) is 0. The lowest BCUT2D eigenvalue weighted by Crippen LogP contribution is -2.15. The molecular weight excluding hydrogens is 312 g/mol. The number of amides is 1. The lowest BCUT2D eigenvalue weighted by molar-refractivity contribution is -0.384. The highest BCUT2D eigenvalue weighted by Crippen LogP contribution is 2.22. The average molecular weight is 330 g/mol. The van der Waals surface area contributed by atoms with E-state index in [1.165, 1.54) is 35.0 Å². The predicted octanol–water partition coefficient (Wildman–Crippen LogP) is 4.08. The summed E-state index contributed by atoms with van der Waals surface area (Å²) in [4.78, 5) is 22.3. The molecule has 0 aliphatic heterocycles. The number of benzene rings is 2. The topological polar surface area (TPSA) is 72.2 Å². The Kier molecular flexibility index (Phi) is 5.76. The van der Waals surface area contributed by atoms with E-state index in [4.69, 9.17) is 0 Å². The Morgan fingerprint density at radius 1 is 1.17 bits per heavy atom. The van der Waals surface area contributed by atoms with Gasteiger partial charge in [0, 0.05) is 17.9 Å². The first-order valence-electron chi connectivity index (χ1n) is 7.14. The van der Waals surface area contributed by atoms with Crippen LogP contribution < -0.4 is 5.32 Å². The molecule has 2 aromatic carbocycles. The van der Waals surface area contributed by atoms with Gasteiger partial charge in [0.15, 0.2) is 0 Å². The zero-order chi connectivity index (χ0) is 16.8. The Hall–Kier alpha value is -2.34. The SMILES string of the molecule is Cc1ccc(CSCC(=O)Nc2cc([N+](=O)[O-])ccc2C)cc1. The van der Waals surface area contributed by atoms with Crippen molar-refractivity contribution in [3.8, 4) is 0 Å². The summed E-state index contributed by atoms with van der Waals surface area (Å²) < 4.78 is 0. The Balaban J connectivity index is 1.88. The molecule has 0 saturated heterocycles. The maximum atomic E-state index is 12.0. The van der Waals surface area contributed by atoms with Crippen molar-refractivity contribution >= 4 is 29.0 Å². The molecule has 0 radical (unpaired) electrons. The Bertz CT molecular complexity index is 714. The number of thioether (sulfide) groups is 1. The largest absolute Gasteiger partial charge is 0.325 e. The van der Waals surface area contributed by atoms with Crippen LogP contribution in [0.5, 0.6) is 0 Å². The third kappa shape index (κ3) is 5.10. The number of nitro benzene ring substituents is 1. The summed E-state index contributed by atoms with van der Waals surface area (Å²) in [5.41, 5.74) is 3.63. The number of non-ortho nitro benzene ring substituents is 1. The highest BCUT2D eigenvalue weighted by Gasteiger charge is 2.11. The molecule has 0 spiro atoms. The monoisotopic (exact) mass is 330 g/mol. The molecule has 0 atom stereocenters. The van der Waals surface area contributed by atoms with E-state index in [0.29, 0.717) is 11.4 Å². The van der Waals surface area contributed by atoms with Gasteiger partial charge in [0.05, 0.1) is 16.4 Å². The van der Waals surface area contributed by atoms with Gasteiger partial charge >= 0.3 is 0 Å². The molecule has 23 heavy (non-hydrogen) atoms. The molecule has 0 bridgehead atoms. The van der Waals surface area contributed by atoms with E-state index >= 15 is 0 Å². The molecule has 6 heteroatoms. The highest BCUT2D eigenvalue weighted by atomic mass is 32.2. The van der Waals surface area contributed by atoms with Gasteiger partial charge in [-0.25, -0.2) is 0 Å². The van der Waals surface area contributed by atoms with Gasteiger partial charge < -0.3 is 5.32 Å². The van der Waals surface area contributed by atoms with E-state index in [2.05, 4.69) is 5.32 Å². The zero-order valence-electron chi connectivity index (χ0n) is 13.0. The summed E-state index contributed by atoms with van der Waals surface area (Å²) in [6, 6.07) is 12.6. The first-order chi connectivity index (χ1) is 11.0. The van der Waals surface area contributed by atoms with E-state index in [9.17, 15) is 14.9 Å². The number of anilines is 1. The predicted molar refractivity (Wildman–Crippen MR) is 93.8 cm³/mol. The van der Waals surface area contributed by atoms with Crippen molar-refractivity contribution in [1.82, 2.24) is 0 Å². The van der Waals surface area contributed by atoms with Crippen LogP contribution in [0.3, 0.4) is 0 Å². The normalized spacial score (nSPS) is 10.3. The van der Waals surface area contributed by atoms with Crippen molar-refractivity contribution < 1.29 is 9.72 Å². The molecule has 0 fully saturated rings. The molecule has 0 saturated carbocycles. The third-order valence-corrected chi connectivity index (χ3v) is 4.33. The van der Waals surface area contributed by atoms with Gasteiger partial charge in [0.2, 0.25) is 5.91 Å². The summed E-state index contributed by atoms with van der Waals surface area (Å²) in [6.07, 6.45) is 0. The first-order valence-corrected chi connectivity index (χ1v) is 8.29. The van der Waals surface area contributed by atoms with Gasteiger partial charge in [-0.3, -0.25) is 14.9 Å². The molecule has 0 unspecified atom stereocenters. The summed E-state index contributed by atoms with van der Waals surface area (Å²) in [6.45, 7) is 3.84. The van der Waals surface area contributed by atoms with Crippen molar-refractivity contribution in [1.29, 1.82) is 0 Å². The minimum absolute atomic E-state index is 0.0294. The number of aryl methyl sites for hydroxylation is 2. The standard InChI is InChI=1S/C17H18N2O3S/c1-12-3-6-14(7-4-12)10-23-11-17(20)18-16-9-15(19(21)22)8-5-13(16)2/h3-9H,10-11H2,1-2H3,(H,18,20). The number of hydrogen-bond donors (Lipinski definition) is 1. The lowest BCUT2D eigenvalue weighted by atomic mass is 10.2. The fraction of sp³-hybridized carbons (Fsp3) is 0.235. The quantitative estimate of drug-likeness (QED) is 0.640. The Morgan fingerprint density at radius 2 is 1.87 bits per heavy atom. The number of hydrogen-bond acceptors (Lipinski definition) is 4. The second-order valence-corrected chi connectivity index (χ2v) is 6.27. The average Bonchev–Trinajstić information content (AvgIpc) is 2.51. The van der Waals surface area contributed by atoms with Crippen molar-refractivity contribution in [2.24, 2.45) is 0 Å². The van der Waals surface area contributed by atoms with Crippen LogP contribution >= 0.6 is 11.8 Å². The summed E-state index contributed by atoms with van der Waals surface area (Å²) in [5, 5.41) is 13.5. The van der Waals surface area contributed by atoms with E-state index < -0.39 is 4.92 Å². The molecular formula is C17H18N2O3S. The van der Waals surface area contributed by atoms with Gasteiger partial charge in [0.25, 0.3) is 5.69 Å². The van der Waals surface area contributed by atoms with Crippen molar-refractivity contribution in [2.45, 2.75) is 19.6 Å². The van der Waals surface area contributed by atoms with Crippen LogP contribution in [-0.4, -0.2) is 16.6 Å². The van der Waals surface area contributed by atoms with Gasteiger partial charge in [-0.1, -0.05) is 35.9 Å². The molecule has 5 nitrogen and oxygen atoms in total. The second-order valence-electron chi connectivity index (χ2n) is 5.28. The molecule has 2 aromatic rings. The first kappa shape index (κ1) is 17.0. The van der Waals surface area contributed by atoms with Crippen LogP contribution in [0, 0.1) is 24.0 Å². The fourth-order valence-corrected chi connectivity index (χ4v) is 2.78. The van der Waals surface area contributed by atoms with Crippen molar-refractivity contribution in [3.63, 3.8) is 0 Å². The van der Waals surface area contributed by atoms with Gasteiger partial charge in [-0.15, -0.1) is 11.8 Å². The maximum absolute atomic E-state index is 12.0. The number of nitro groups is 1. The minimum Gasteiger partial charge on any atom is -0.325 e. The molecule has 1 amide bonds. The maximum Gasteiger partial charge on any atom is 0.271 e. The van der Waals surface area contributed by atoms with Crippen LogP contribution in [0.25, 0.3) is 0 Å². The van der Waals surface area contributed by atoms with Crippen molar-refractivity contribution in [3.05, 3.63) is 69.3 Å². The van der Waals surface area contributed by atoms with E-state index in [-0.39, 0.29) is 11.6 Å². The van der Waals surface area contributed by atoms with E-state index in [0.717, 1.165) is 11.3 Å². The fourth-order valence-electron chi connectivity index (χ4n) is 1.99. The molecule has 120 valence electrons. The molecule has 1 N–H and O–H groups in total. The van der Waals surface area contributed by atoms with Gasteiger partial charge in [0.1, 0.15) is 0 Å². The van der Waals surface area contributed by atoms with Crippen molar-refractivity contribution in [2.75, 3.05) is 11.1 Å². The Morgan fingerprint density at radius 3 is 2.52 bits per heavy atom. The summed E-state index contributed by atoms with van der Waals surface area (Å²) >= 11 is 1.51. The van der Waals surface area contributed by atoms with Crippen LogP contribution in [0.4, 0.5) is 11.4 Å². The van der Waals surface area contributed by atoms with Crippen LogP contribution in [0.15, 0.2) is 42.5 Å². The zero-order valence-corrected chi connectivity index (χ0v) is 13.9. The lowest BCUT2D eigenvalue weighted by Gasteiger charge is -2.08. The molecule has 2 rings (SSSR count). The number of rotatable bonds is 6. The third-order valence-electron chi connectivity index (χ3n) is 3.33. The minimum atomic E-state index is -0.471. The van der Waals surface area contributed by atoms with Gasteiger partial charge in [-0.2, -0.15) is 0 Å². The summed E-state index contributed by atoms with van der Waals surface area (Å²) in [5.74, 6) is 0.892. The van der Waals surface area contributed by atoms with Crippen LogP contribution in [0.1, 0.15) is 16.7 Å². The number of carbonyl (C=O) groups excluding carboxylic acids is 1. The number of nitrogens with zero attached hydrogens (tertiary/aromatic N) is 1. The van der Waals surface area contributed by atoms with Crippen LogP contribution in [-0.2, 0) is 10.5 Å².